The van der Waals surface area contributed by atoms with Gasteiger partial charge < -0.3 is 9.47 Å². The Labute approximate surface area is 192 Å². The molecule has 3 aromatic carbocycles. The van der Waals surface area contributed by atoms with Gasteiger partial charge in [-0.1, -0.05) is 17.7 Å². The Hall–Kier alpha value is -3.59. The Morgan fingerprint density at radius 2 is 1.76 bits per heavy atom. The van der Waals surface area contributed by atoms with E-state index in [1.54, 1.807) is 12.3 Å². The second kappa shape index (κ2) is 9.50. The third-order valence-electron chi connectivity index (χ3n) is 4.80. The summed E-state index contributed by atoms with van der Waals surface area (Å²) in [6.45, 7) is 3.97. The van der Waals surface area contributed by atoms with Crippen LogP contribution >= 0.6 is 11.6 Å². The molecule has 0 unspecified atom stereocenters. The average Bonchev–Trinajstić information content (AvgIpc) is 2.75. The summed E-state index contributed by atoms with van der Waals surface area (Å²) >= 11 is 6.31. The van der Waals surface area contributed by atoms with Crippen molar-refractivity contribution in [2.75, 3.05) is 7.11 Å². The van der Waals surface area contributed by atoms with Crippen LogP contribution in [0.3, 0.4) is 0 Å². The minimum absolute atomic E-state index is 0.0325. The highest BCUT2D eigenvalue weighted by atomic mass is 35.5. The lowest BCUT2D eigenvalue weighted by molar-refractivity contribution is -0.385. The average molecular weight is 479 g/mol. The van der Waals surface area contributed by atoms with Crippen LogP contribution in [0.15, 0.2) is 53.5 Å². The van der Waals surface area contributed by atoms with Gasteiger partial charge in [0.25, 0.3) is 0 Å². The molecule has 0 aliphatic carbocycles. The normalized spacial score (nSPS) is 11.6. The molecule has 6 nitrogen and oxygen atoms in total. The van der Waals surface area contributed by atoms with E-state index < -0.39 is 28.1 Å². The van der Waals surface area contributed by atoms with Crippen molar-refractivity contribution >= 4 is 29.2 Å². The molecule has 0 heterocycles. The first-order valence-electron chi connectivity index (χ1n) is 9.52. The minimum Gasteiger partial charge on any atom is -0.493 e. The number of ether oxygens (including phenoxy) is 2. The SMILES string of the molecule is COc1cc(C=Nc2ccc(C)c(C)c2)cc(Cl)c1Oc1ccc(C(F)(F)F)cc1[N+](=O)[O-]. The number of hydrogen-bond acceptors (Lipinski definition) is 5. The number of benzene rings is 3. The molecule has 0 saturated carbocycles. The molecule has 0 atom stereocenters. The lowest BCUT2D eigenvalue weighted by Crippen LogP contribution is -2.06. The summed E-state index contributed by atoms with van der Waals surface area (Å²) < 4.78 is 49.6. The molecule has 0 N–H and O–H groups in total. The zero-order chi connectivity index (χ0) is 24.3. The molecule has 3 aromatic rings. The Balaban J connectivity index is 1.96. The number of nitrogens with zero attached hydrogens (tertiary/aromatic N) is 2. The smallest absolute Gasteiger partial charge is 0.416 e. The topological polar surface area (TPSA) is 74.0 Å². The Bertz CT molecular complexity index is 1240. The summed E-state index contributed by atoms with van der Waals surface area (Å²) in [5.41, 5.74) is 1.48. The van der Waals surface area contributed by atoms with Crippen LogP contribution < -0.4 is 9.47 Å². The maximum Gasteiger partial charge on any atom is 0.416 e. The third-order valence-corrected chi connectivity index (χ3v) is 5.08. The molecule has 0 spiro atoms. The van der Waals surface area contributed by atoms with Gasteiger partial charge in [-0.15, -0.1) is 0 Å². The summed E-state index contributed by atoms with van der Waals surface area (Å²) in [5.74, 6) is -0.367. The second-order valence-electron chi connectivity index (χ2n) is 7.10. The lowest BCUT2D eigenvalue weighted by atomic mass is 10.1. The predicted molar refractivity (Wildman–Crippen MR) is 119 cm³/mol. The molecule has 33 heavy (non-hydrogen) atoms. The summed E-state index contributed by atoms with van der Waals surface area (Å²) in [7, 11) is 1.34. The van der Waals surface area contributed by atoms with E-state index in [9.17, 15) is 23.3 Å². The fourth-order valence-corrected chi connectivity index (χ4v) is 3.16. The van der Waals surface area contributed by atoms with E-state index in [0.717, 1.165) is 22.9 Å². The molecule has 172 valence electrons. The molecule has 3 rings (SSSR count). The summed E-state index contributed by atoms with van der Waals surface area (Å²) in [4.78, 5) is 14.8. The van der Waals surface area contributed by atoms with Gasteiger partial charge in [0.2, 0.25) is 5.75 Å². The van der Waals surface area contributed by atoms with Crippen molar-refractivity contribution in [1.82, 2.24) is 0 Å². The van der Waals surface area contributed by atoms with Gasteiger partial charge in [-0.3, -0.25) is 15.1 Å². The van der Waals surface area contributed by atoms with Gasteiger partial charge >= 0.3 is 11.9 Å². The molecule has 0 aromatic heterocycles. The predicted octanol–water partition coefficient (Wildman–Crippen LogP) is 7.44. The summed E-state index contributed by atoms with van der Waals surface area (Å²) in [5, 5.41) is 11.4. The van der Waals surface area contributed by atoms with E-state index in [1.807, 2.05) is 32.0 Å². The fourth-order valence-electron chi connectivity index (χ4n) is 2.90. The van der Waals surface area contributed by atoms with Gasteiger partial charge in [0.1, 0.15) is 0 Å². The van der Waals surface area contributed by atoms with E-state index in [4.69, 9.17) is 21.1 Å². The maximum absolute atomic E-state index is 12.9. The highest BCUT2D eigenvalue weighted by molar-refractivity contribution is 6.32. The third kappa shape index (κ3) is 5.61. The van der Waals surface area contributed by atoms with Crippen molar-refractivity contribution in [3.63, 3.8) is 0 Å². The number of aryl methyl sites for hydroxylation is 2. The first-order chi connectivity index (χ1) is 15.5. The second-order valence-corrected chi connectivity index (χ2v) is 7.51. The molecule has 0 amide bonds. The van der Waals surface area contributed by atoms with Crippen molar-refractivity contribution in [2.45, 2.75) is 20.0 Å². The van der Waals surface area contributed by atoms with Crippen LogP contribution in [-0.2, 0) is 6.18 Å². The Morgan fingerprint density at radius 3 is 2.36 bits per heavy atom. The van der Waals surface area contributed by atoms with Crippen LogP contribution in [0, 0.1) is 24.0 Å². The molecule has 0 radical (unpaired) electrons. The molecule has 0 fully saturated rings. The van der Waals surface area contributed by atoms with E-state index >= 15 is 0 Å². The van der Waals surface area contributed by atoms with Crippen molar-refractivity contribution in [1.29, 1.82) is 0 Å². The van der Waals surface area contributed by atoms with E-state index in [2.05, 4.69) is 4.99 Å². The fraction of sp³-hybridized carbons (Fsp3) is 0.174. The molecule has 10 heteroatoms. The van der Waals surface area contributed by atoms with Crippen LogP contribution in [-0.4, -0.2) is 18.2 Å². The standard InChI is InChI=1S/C23H18ClF3N2O4/c1-13-4-6-17(8-14(13)2)28-12-15-9-18(24)22(21(10-15)32-3)33-20-7-5-16(23(25,26)27)11-19(20)29(30)31/h4-12H,1-3H3. The zero-order valence-electron chi connectivity index (χ0n) is 17.7. The van der Waals surface area contributed by atoms with Crippen LogP contribution in [0.2, 0.25) is 5.02 Å². The Morgan fingerprint density at radius 1 is 1.03 bits per heavy atom. The van der Waals surface area contributed by atoms with Crippen molar-refractivity contribution in [3.8, 4) is 17.2 Å². The highest BCUT2D eigenvalue weighted by Crippen LogP contribution is 2.43. The van der Waals surface area contributed by atoms with Crippen LogP contribution in [0.5, 0.6) is 17.2 Å². The molecular weight excluding hydrogens is 461 g/mol. The van der Waals surface area contributed by atoms with Crippen LogP contribution in [0.4, 0.5) is 24.5 Å². The monoisotopic (exact) mass is 478 g/mol. The molecular formula is C23H18ClF3N2O4. The lowest BCUT2D eigenvalue weighted by Gasteiger charge is -2.14. The zero-order valence-corrected chi connectivity index (χ0v) is 18.5. The molecule has 0 bridgehead atoms. The summed E-state index contributed by atoms with van der Waals surface area (Å²) in [6.07, 6.45) is -3.18. The Kier molecular flexibility index (Phi) is 6.92. The number of rotatable bonds is 6. The largest absolute Gasteiger partial charge is 0.493 e. The number of halogens is 4. The number of nitro groups is 1. The molecule has 0 aliphatic rings. The highest BCUT2D eigenvalue weighted by Gasteiger charge is 2.33. The van der Waals surface area contributed by atoms with E-state index in [1.165, 1.54) is 13.2 Å². The first kappa shape index (κ1) is 24.1. The van der Waals surface area contributed by atoms with Gasteiger partial charge in [0.15, 0.2) is 11.5 Å². The summed E-state index contributed by atoms with van der Waals surface area (Å²) in [6, 6.07) is 10.7. The first-order valence-corrected chi connectivity index (χ1v) is 9.89. The number of methoxy groups -OCH3 is 1. The van der Waals surface area contributed by atoms with Crippen molar-refractivity contribution < 1.29 is 27.6 Å². The molecule has 0 saturated heterocycles. The minimum atomic E-state index is -4.74. The van der Waals surface area contributed by atoms with Crippen LogP contribution in [0.1, 0.15) is 22.3 Å². The van der Waals surface area contributed by atoms with Gasteiger partial charge in [-0.05, 0) is 66.9 Å². The number of nitro benzene ring substituents is 1. The number of hydrogen-bond donors (Lipinski definition) is 0. The van der Waals surface area contributed by atoms with Gasteiger partial charge in [0.05, 0.1) is 28.3 Å². The van der Waals surface area contributed by atoms with Gasteiger partial charge in [-0.25, -0.2) is 0 Å². The van der Waals surface area contributed by atoms with Gasteiger partial charge in [-0.2, -0.15) is 13.2 Å². The van der Waals surface area contributed by atoms with Gasteiger partial charge in [0, 0.05) is 12.3 Å². The van der Waals surface area contributed by atoms with E-state index in [0.29, 0.717) is 17.7 Å². The quantitative estimate of drug-likeness (QED) is 0.210. The van der Waals surface area contributed by atoms with Crippen molar-refractivity contribution in [2.24, 2.45) is 4.99 Å². The van der Waals surface area contributed by atoms with Crippen LogP contribution in [0.25, 0.3) is 0 Å². The van der Waals surface area contributed by atoms with E-state index in [-0.39, 0.29) is 16.5 Å². The number of alkyl halides is 3. The maximum atomic E-state index is 12.9. The molecule has 0 aliphatic heterocycles. The van der Waals surface area contributed by atoms with Crippen molar-refractivity contribution in [3.05, 3.63) is 85.9 Å². The number of aliphatic imine (C=N–C) groups is 1.